The number of nitrogens with one attached hydrogen (secondary N) is 1. The molecule has 1 atom stereocenters. The molecule has 2 heteroatoms. The lowest BCUT2D eigenvalue weighted by Gasteiger charge is -2.28. The highest BCUT2D eigenvalue weighted by atomic mass is 79.9. The number of hydrogen-bond acceptors (Lipinski definition) is 1. The molecular weight excluding hydrogens is 310 g/mol. The van der Waals surface area contributed by atoms with Crippen molar-refractivity contribution in [1.82, 2.24) is 5.32 Å². The van der Waals surface area contributed by atoms with Gasteiger partial charge in [-0.1, -0.05) is 75.0 Å². The van der Waals surface area contributed by atoms with Crippen molar-refractivity contribution in [2.24, 2.45) is 5.41 Å². The quantitative estimate of drug-likeness (QED) is 0.536. The van der Waals surface area contributed by atoms with E-state index in [1.54, 1.807) is 0 Å². The van der Waals surface area contributed by atoms with Crippen molar-refractivity contribution in [3.8, 4) is 0 Å². The average molecular weight is 340 g/mol. The Hall–Kier alpha value is -0.340. The van der Waals surface area contributed by atoms with E-state index in [0.29, 0.717) is 11.5 Å². The maximum Gasteiger partial charge on any atom is 0.0318 e. The van der Waals surface area contributed by atoms with E-state index in [1.807, 2.05) is 0 Å². The highest BCUT2D eigenvalue weighted by Gasteiger charge is 2.19. The normalized spacial score (nSPS) is 13.4. The summed E-state index contributed by atoms with van der Waals surface area (Å²) in [6, 6.07) is 9.11. The van der Waals surface area contributed by atoms with Crippen LogP contribution in [0.4, 0.5) is 0 Å². The molecule has 0 aromatic heterocycles. The summed E-state index contributed by atoms with van der Waals surface area (Å²) >= 11 is 3.56. The fourth-order valence-corrected chi connectivity index (χ4v) is 2.98. The van der Waals surface area contributed by atoms with E-state index in [4.69, 9.17) is 0 Å². The van der Waals surface area contributed by atoms with Crippen LogP contribution in [0, 0.1) is 5.41 Å². The molecular formula is C18H30BrN. The lowest BCUT2D eigenvalue weighted by atomic mass is 9.86. The first kappa shape index (κ1) is 17.7. The van der Waals surface area contributed by atoms with Gasteiger partial charge in [-0.15, -0.1) is 0 Å². The second-order valence-electron chi connectivity index (χ2n) is 6.52. The van der Waals surface area contributed by atoms with Gasteiger partial charge in [0.05, 0.1) is 0 Å². The van der Waals surface area contributed by atoms with Gasteiger partial charge in [0.15, 0.2) is 0 Å². The van der Waals surface area contributed by atoms with Crippen LogP contribution in [0.1, 0.15) is 71.4 Å². The molecule has 0 radical (unpaired) electrons. The molecule has 0 bridgehead atoms. The van der Waals surface area contributed by atoms with Gasteiger partial charge in [-0.2, -0.15) is 0 Å². The fraction of sp³-hybridized carbons (Fsp3) is 0.667. The Morgan fingerprint density at radius 2 is 1.95 bits per heavy atom. The summed E-state index contributed by atoms with van der Waals surface area (Å²) in [5.74, 6) is 0. The molecule has 1 nitrogen and oxygen atoms in total. The van der Waals surface area contributed by atoms with Crippen molar-refractivity contribution in [3.05, 3.63) is 34.3 Å². The summed E-state index contributed by atoms with van der Waals surface area (Å²) in [7, 11) is 0. The first-order chi connectivity index (χ1) is 9.48. The van der Waals surface area contributed by atoms with Gasteiger partial charge in [0.1, 0.15) is 0 Å². The maximum absolute atomic E-state index is 3.76. The molecule has 0 saturated carbocycles. The number of rotatable bonds is 9. The lowest BCUT2D eigenvalue weighted by Crippen LogP contribution is -2.32. The van der Waals surface area contributed by atoms with E-state index in [9.17, 15) is 0 Å². The summed E-state index contributed by atoms with van der Waals surface area (Å²) in [5, 5.41) is 3.76. The molecule has 0 aliphatic heterocycles. The molecule has 1 unspecified atom stereocenters. The smallest absolute Gasteiger partial charge is 0.0318 e. The average Bonchev–Trinajstić information content (AvgIpc) is 2.39. The molecule has 1 aromatic carbocycles. The van der Waals surface area contributed by atoms with Crippen molar-refractivity contribution in [2.75, 3.05) is 6.54 Å². The predicted molar refractivity (Wildman–Crippen MR) is 93.1 cm³/mol. The van der Waals surface area contributed by atoms with Crippen molar-refractivity contribution in [2.45, 2.75) is 65.8 Å². The fourth-order valence-electron chi connectivity index (χ4n) is 2.56. The van der Waals surface area contributed by atoms with Gasteiger partial charge in [0, 0.05) is 17.1 Å². The summed E-state index contributed by atoms with van der Waals surface area (Å²) < 4.78 is 1.16. The Labute approximate surface area is 133 Å². The maximum atomic E-state index is 3.76. The zero-order valence-electron chi connectivity index (χ0n) is 13.5. The molecule has 114 valence electrons. The number of unbranched alkanes of at least 4 members (excludes halogenated alkanes) is 2. The SMILES string of the molecule is CCCCCC(C)(C)CNC(CC)c1cccc(Br)c1. The molecule has 0 amide bonds. The Morgan fingerprint density at radius 3 is 2.55 bits per heavy atom. The van der Waals surface area contributed by atoms with Crippen LogP contribution in [0.5, 0.6) is 0 Å². The van der Waals surface area contributed by atoms with Gasteiger partial charge < -0.3 is 5.32 Å². The van der Waals surface area contributed by atoms with E-state index >= 15 is 0 Å². The molecule has 1 aromatic rings. The summed E-state index contributed by atoms with van der Waals surface area (Å²) in [4.78, 5) is 0. The summed E-state index contributed by atoms with van der Waals surface area (Å²) in [5.41, 5.74) is 1.76. The Balaban J connectivity index is 2.52. The third kappa shape index (κ3) is 6.41. The van der Waals surface area contributed by atoms with Crippen LogP contribution < -0.4 is 5.32 Å². The van der Waals surface area contributed by atoms with Crippen LogP contribution in [0.15, 0.2) is 28.7 Å². The predicted octanol–water partition coefficient (Wildman–Crippen LogP) is 6.10. The Bertz CT molecular complexity index is 387. The first-order valence-corrected chi connectivity index (χ1v) is 8.76. The summed E-state index contributed by atoms with van der Waals surface area (Å²) in [6.07, 6.45) is 6.44. The van der Waals surface area contributed by atoms with Crippen molar-refractivity contribution in [1.29, 1.82) is 0 Å². The van der Waals surface area contributed by atoms with Crippen LogP contribution in [0.25, 0.3) is 0 Å². The van der Waals surface area contributed by atoms with Gasteiger partial charge in [-0.05, 0) is 36.0 Å². The highest BCUT2D eigenvalue weighted by Crippen LogP contribution is 2.26. The molecule has 20 heavy (non-hydrogen) atoms. The number of halogens is 1. The third-order valence-corrected chi connectivity index (χ3v) is 4.44. The monoisotopic (exact) mass is 339 g/mol. The Morgan fingerprint density at radius 1 is 1.20 bits per heavy atom. The molecule has 0 saturated heterocycles. The van der Waals surface area contributed by atoms with Crippen molar-refractivity contribution >= 4 is 15.9 Å². The van der Waals surface area contributed by atoms with E-state index in [1.165, 1.54) is 31.2 Å². The molecule has 1 rings (SSSR count). The zero-order valence-corrected chi connectivity index (χ0v) is 15.1. The third-order valence-electron chi connectivity index (χ3n) is 3.94. The minimum absolute atomic E-state index is 0.384. The van der Waals surface area contributed by atoms with Gasteiger partial charge >= 0.3 is 0 Å². The minimum Gasteiger partial charge on any atom is -0.309 e. The first-order valence-electron chi connectivity index (χ1n) is 7.97. The van der Waals surface area contributed by atoms with Gasteiger partial charge in [-0.3, -0.25) is 0 Å². The molecule has 1 N–H and O–H groups in total. The van der Waals surface area contributed by atoms with Crippen LogP contribution in [0.2, 0.25) is 0 Å². The van der Waals surface area contributed by atoms with Crippen LogP contribution in [-0.4, -0.2) is 6.54 Å². The van der Waals surface area contributed by atoms with Gasteiger partial charge in [0.2, 0.25) is 0 Å². The van der Waals surface area contributed by atoms with E-state index in [0.717, 1.165) is 17.4 Å². The number of hydrogen-bond donors (Lipinski definition) is 1. The molecule has 0 spiro atoms. The molecule has 0 heterocycles. The lowest BCUT2D eigenvalue weighted by molar-refractivity contribution is 0.285. The zero-order chi connectivity index (χ0) is 15.0. The Kier molecular flexibility index (Phi) is 7.83. The standard InChI is InChI=1S/C18H30BrN/c1-5-7-8-12-18(3,4)14-20-17(6-2)15-10-9-11-16(19)13-15/h9-11,13,17,20H,5-8,12,14H2,1-4H3. The van der Waals surface area contributed by atoms with Crippen molar-refractivity contribution in [3.63, 3.8) is 0 Å². The van der Waals surface area contributed by atoms with Crippen LogP contribution in [0.3, 0.4) is 0 Å². The van der Waals surface area contributed by atoms with E-state index in [2.05, 4.69) is 73.2 Å². The number of benzene rings is 1. The van der Waals surface area contributed by atoms with Crippen LogP contribution in [-0.2, 0) is 0 Å². The molecule has 0 aliphatic carbocycles. The van der Waals surface area contributed by atoms with E-state index in [-0.39, 0.29) is 0 Å². The second kappa shape index (κ2) is 8.84. The van der Waals surface area contributed by atoms with Gasteiger partial charge in [0.25, 0.3) is 0 Å². The minimum atomic E-state index is 0.384. The largest absolute Gasteiger partial charge is 0.309 e. The highest BCUT2D eigenvalue weighted by molar-refractivity contribution is 9.10. The van der Waals surface area contributed by atoms with E-state index < -0.39 is 0 Å². The molecule has 0 fully saturated rings. The summed E-state index contributed by atoms with van der Waals surface area (Å²) in [6.45, 7) is 10.4. The topological polar surface area (TPSA) is 12.0 Å². The molecule has 0 aliphatic rings. The second-order valence-corrected chi connectivity index (χ2v) is 7.43. The van der Waals surface area contributed by atoms with Crippen LogP contribution >= 0.6 is 15.9 Å². The van der Waals surface area contributed by atoms with Crippen molar-refractivity contribution < 1.29 is 0 Å². The van der Waals surface area contributed by atoms with Gasteiger partial charge in [-0.25, -0.2) is 0 Å².